The molecular weight excluding hydrogens is 147 g/mol. The van der Waals surface area contributed by atoms with Gasteiger partial charge in [-0.05, 0) is 6.42 Å². The van der Waals surface area contributed by atoms with Gasteiger partial charge in [-0.3, -0.25) is 4.79 Å². The number of carboxylic acids is 1. The lowest BCUT2D eigenvalue weighted by molar-refractivity contribution is -0.137. The zero-order chi connectivity index (χ0) is 6.41. The Balaban J connectivity index is -0.000000245. The van der Waals surface area contributed by atoms with Gasteiger partial charge in [-0.1, -0.05) is 19.8 Å². The molecule has 0 amide bonds. The van der Waals surface area contributed by atoms with Crippen LogP contribution in [0.2, 0.25) is 0 Å². The van der Waals surface area contributed by atoms with Crippen molar-refractivity contribution in [3.63, 3.8) is 0 Å². The summed E-state index contributed by atoms with van der Waals surface area (Å²) >= 11 is 0. The Kier molecular flexibility index (Phi) is 19.4. The second kappa shape index (κ2) is 11.7. The number of rotatable bonds is 4. The van der Waals surface area contributed by atoms with Crippen LogP contribution in [0.15, 0.2) is 0 Å². The lowest BCUT2D eigenvalue weighted by Gasteiger charge is -1.89. The minimum atomic E-state index is -0.682. The first kappa shape index (κ1) is 16.5. The van der Waals surface area contributed by atoms with Crippen LogP contribution >= 0.6 is 0 Å². The van der Waals surface area contributed by atoms with Crippen molar-refractivity contribution in [1.29, 1.82) is 0 Å². The molecule has 0 aromatic heterocycles. The number of aliphatic carboxylic acids is 1. The topological polar surface area (TPSA) is 68.8 Å². The minimum absolute atomic E-state index is 0. The minimum Gasteiger partial charge on any atom is -0.481 e. The standard InChI is InChI=1S/C6H12O2.Al.H2O.2H/c1-2-3-4-5-6(7)8;;;;/h2-5H2,1H3,(H,7,8);;1H2;;. The van der Waals surface area contributed by atoms with Gasteiger partial charge in [0, 0.05) is 6.42 Å². The van der Waals surface area contributed by atoms with E-state index in [0.717, 1.165) is 19.3 Å². The van der Waals surface area contributed by atoms with E-state index in [1.807, 2.05) is 0 Å². The molecule has 0 saturated carbocycles. The molecule has 0 heterocycles. The fourth-order valence-electron chi connectivity index (χ4n) is 0.526. The summed E-state index contributed by atoms with van der Waals surface area (Å²) in [5.41, 5.74) is 0. The van der Waals surface area contributed by atoms with Crippen molar-refractivity contribution in [2.24, 2.45) is 0 Å². The molecule has 0 aromatic rings. The lowest BCUT2D eigenvalue weighted by atomic mass is 10.2. The van der Waals surface area contributed by atoms with Crippen molar-refractivity contribution in [2.45, 2.75) is 32.6 Å². The van der Waals surface area contributed by atoms with Gasteiger partial charge in [0.15, 0.2) is 0 Å². The number of hydrogen-bond acceptors (Lipinski definition) is 1. The molecule has 0 atom stereocenters. The molecular formula is C6H16AlO3. The average molecular weight is 163 g/mol. The van der Waals surface area contributed by atoms with Gasteiger partial charge in [0.1, 0.15) is 17.4 Å². The Hall–Kier alpha value is -0.0375. The maximum Gasteiger partial charge on any atom is 0.303 e. The molecule has 0 aliphatic rings. The number of carbonyl (C=O) groups is 1. The first-order valence-corrected chi connectivity index (χ1v) is 2.99. The highest BCUT2D eigenvalue weighted by Gasteiger charge is 1.92. The van der Waals surface area contributed by atoms with E-state index in [1.54, 1.807) is 0 Å². The summed E-state index contributed by atoms with van der Waals surface area (Å²) in [4.78, 5) is 9.87. The number of carboxylic acid groups (broad SMARTS) is 1. The van der Waals surface area contributed by atoms with E-state index in [0.29, 0.717) is 6.42 Å². The van der Waals surface area contributed by atoms with Crippen molar-refractivity contribution in [3.8, 4) is 0 Å². The maximum absolute atomic E-state index is 9.87. The molecule has 0 unspecified atom stereocenters. The molecule has 0 aromatic carbocycles. The number of hydrogen-bond donors (Lipinski definition) is 1. The molecule has 1 radical (unpaired) electrons. The first-order chi connectivity index (χ1) is 3.77. The molecule has 0 aliphatic heterocycles. The van der Waals surface area contributed by atoms with Crippen LogP contribution in [-0.4, -0.2) is 33.9 Å². The highest BCUT2D eigenvalue weighted by molar-refractivity contribution is 5.75. The van der Waals surface area contributed by atoms with Crippen LogP contribution < -0.4 is 0 Å². The summed E-state index contributed by atoms with van der Waals surface area (Å²) in [7, 11) is 0. The van der Waals surface area contributed by atoms with Crippen LogP contribution in [0, 0.1) is 0 Å². The van der Waals surface area contributed by atoms with Gasteiger partial charge in [0.05, 0.1) is 0 Å². The van der Waals surface area contributed by atoms with Gasteiger partial charge in [-0.25, -0.2) is 0 Å². The monoisotopic (exact) mass is 163 g/mol. The fraction of sp³-hybridized carbons (Fsp3) is 0.833. The zero-order valence-corrected chi connectivity index (χ0v) is 8.68. The van der Waals surface area contributed by atoms with Gasteiger partial charge >= 0.3 is 5.97 Å². The molecule has 0 aliphatic carbocycles. The summed E-state index contributed by atoms with van der Waals surface area (Å²) in [6.07, 6.45) is 3.28. The van der Waals surface area contributed by atoms with E-state index >= 15 is 0 Å². The van der Waals surface area contributed by atoms with E-state index < -0.39 is 5.97 Å². The predicted octanol–water partition coefficient (Wildman–Crippen LogP) is -0.0896. The second-order valence-corrected chi connectivity index (χ2v) is 1.85. The predicted molar refractivity (Wildman–Crippen MR) is 43.9 cm³/mol. The third kappa shape index (κ3) is 15.7. The van der Waals surface area contributed by atoms with E-state index in [1.165, 1.54) is 0 Å². The van der Waals surface area contributed by atoms with Gasteiger partial charge in [0.2, 0.25) is 0 Å². The van der Waals surface area contributed by atoms with Crippen LogP contribution in [0.4, 0.5) is 0 Å². The molecule has 10 heavy (non-hydrogen) atoms. The molecule has 0 spiro atoms. The smallest absolute Gasteiger partial charge is 0.303 e. The fourth-order valence-corrected chi connectivity index (χ4v) is 0.526. The van der Waals surface area contributed by atoms with Crippen molar-refractivity contribution >= 4 is 23.3 Å². The van der Waals surface area contributed by atoms with Crippen molar-refractivity contribution in [1.82, 2.24) is 0 Å². The largest absolute Gasteiger partial charge is 0.481 e. The lowest BCUT2D eigenvalue weighted by Crippen LogP contribution is -1.92. The summed E-state index contributed by atoms with van der Waals surface area (Å²) in [6.45, 7) is 2.06. The molecule has 61 valence electrons. The molecule has 3 N–H and O–H groups in total. The average Bonchev–Trinajstić information content (AvgIpc) is 1.66. The quantitative estimate of drug-likeness (QED) is 0.465. The second-order valence-electron chi connectivity index (χ2n) is 1.85. The Morgan fingerprint density at radius 3 is 2.20 bits per heavy atom. The summed E-state index contributed by atoms with van der Waals surface area (Å²) in [5, 5.41) is 8.14. The summed E-state index contributed by atoms with van der Waals surface area (Å²) < 4.78 is 0. The third-order valence-corrected chi connectivity index (χ3v) is 0.994. The van der Waals surface area contributed by atoms with Crippen molar-refractivity contribution in [3.05, 3.63) is 0 Å². The third-order valence-electron chi connectivity index (χ3n) is 0.994. The van der Waals surface area contributed by atoms with E-state index in [9.17, 15) is 4.79 Å². The highest BCUT2D eigenvalue weighted by Crippen LogP contribution is 1.97. The van der Waals surface area contributed by atoms with Crippen LogP contribution in [0.5, 0.6) is 0 Å². The summed E-state index contributed by atoms with van der Waals surface area (Å²) in [5.74, 6) is -0.682. The molecule has 0 bridgehead atoms. The molecule has 4 heteroatoms. The van der Waals surface area contributed by atoms with Crippen molar-refractivity contribution < 1.29 is 15.4 Å². The van der Waals surface area contributed by atoms with Crippen LogP contribution in [0.3, 0.4) is 0 Å². The van der Waals surface area contributed by atoms with E-state index in [-0.39, 0.29) is 22.8 Å². The van der Waals surface area contributed by atoms with Crippen LogP contribution in [0.25, 0.3) is 0 Å². The zero-order valence-electron chi connectivity index (χ0n) is 6.68. The normalized spacial score (nSPS) is 7.30. The van der Waals surface area contributed by atoms with Crippen molar-refractivity contribution in [2.75, 3.05) is 0 Å². The molecule has 0 rings (SSSR count). The molecule has 3 nitrogen and oxygen atoms in total. The molecule has 0 saturated heterocycles. The van der Waals surface area contributed by atoms with Gasteiger partial charge in [-0.15, -0.1) is 0 Å². The van der Waals surface area contributed by atoms with Gasteiger partial charge < -0.3 is 10.6 Å². The Labute approximate surface area is 71.9 Å². The maximum atomic E-state index is 9.87. The molecule has 0 fully saturated rings. The first-order valence-electron chi connectivity index (χ1n) is 2.99. The summed E-state index contributed by atoms with van der Waals surface area (Å²) in [6, 6.07) is 0. The van der Waals surface area contributed by atoms with Gasteiger partial charge in [0.25, 0.3) is 0 Å². The van der Waals surface area contributed by atoms with Gasteiger partial charge in [-0.2, -0.15) is 0 Å². The Morgan fingerprint density at radius 2 is 1.90 bits per heavy atom. The Bertz CT molecular complexity index is 75.4. The van der Waals surface area contributed by atoms with Crippen LogP contribution in [0.1, 0.15) is 32.6 Å². The number of unbranched alkanes of at least 4 members (excludes halogenated alkanes) is 2. The highest BCUT2D eigenvalue weighted by atomic mass is 27.0. The van der Waals surface area contributed by atoms with E-state index in [4.69, 9.17) is 5.11 Å². The van der Waals surface area contributed by atoms with E-state index in [2.05, 4.69) is 6.92 Å². The SMILES string of the molecule is CCCCCC(=O)O.O.[AlH2]. The Morgan fingerprint density at radius 1 is 1.40 bits per heavy atom. The van der Waals surface area contributed by atoms with Crippen LogP contribution in [-0.2, 0) is 4.79 Å².